The quantitative estimate of drug-likeness (QED) is 0.822. The third kappa shape index (κ3) is 5.16. The molecule has 0 radical (unpaired) electrons. The summed E-state index contributed by atoms with van der Waals surface area (Å²) in [6.07, 6.45) is 5.12. The number of anilines is 1. The monoisotopic (exact) mass is 368 g/mol. The molecule has 0 spiro atoms. The van der Waals surface area contributed by atoms with Crippen LogP contribution in [0.2, 0.25) is 0 Å². The second-order valence-electron chi connectivity index (χ2n) is 6.41. The molecule has 3 amide bonds. The van der Waals surface area contributed by atoms with Crippen LogP contribution in [0.5, 0.6) is 0 Å². The lowest BCUT2D eigenvalue weighted by Crippen LogP contribution is -2.55. The van der Waals surface area contributed by atoms with Gasteiger partial charge in [0.1, 0.15) is 11.9 Å². The molecule has 0 bridgehead atoms. The maximum absolute atomic E-state index is 12.4. The first-order valence-electron chi connectivity index (χ1n) is 9.01. The van der Waals surface area contributed by atoms with E-state index < -0.39 is 6.04 Å². The first-order valence-corrected chi connectivity index (χ1v) is 9.01. The van der Waals surface area contributed by atoms with E-state index in [1.165, 1.54) is 0 Å². The summed E-state index contributed by atoms with van der Waals surface area (Å²) < 4.78 is 0. The van der Waals surface area contributed by atoms with Crippen LogP contribution in [0, 0.1) is 0 Å². The molecule has 1 unspecified atom stereocenters. The van der Waals surface area contributed by atoms with Crippen molar-refractivity contribution in [1.82, 2.24) is 25.5 Å². The molecule has 2 aromatic rings. The third-order valence-corrected chi connectivity index (χ3v) is 4.49. The lowest BCUT2D eigenvalue weighted by atomic mass is 10.2. The molecule has 1 aliphatic heterocycles. The lowest BCUT2D eigenvalue weighted by Gasteiger charge is -2.35. The lowest BCUT2D eigenvalue weighted by molar-refractivity contribution is -0.122. The summed E-state index contributed by atoms with van der Waals surface area (Å²) in [5, 5.41) is 5.59. The zero-order valence-corrected chi connectivity index (χ0v) is 15.3. The number of piperazine rings is 1. The maximum Gasteiger partial charge on any atom is 0.318 e. The van der Waals surface area contributed by atoms with Crippen LogP contribution < -0.4 is 15.5 Å². The van der Waals surface area contributed by atoms with E-state index in [2.05, 4.69) is 25.5 Å². The molecule has 8 nitrogen and oxygen atoms in total. The molecule has 0 saturated carbocycles. The standard InChI is InChI=1S/C19H24N6O2/c1-15(18(26)22-14-16-5-8-20-9-6-16)23-19(27)25-12-10-24(11-13-25)17-4-2-3-7-21-17/h2-9,15H,10-14H2,1H3,(H,22,26)(H,23,27). The molecular weight excluding hydrogens is 344 g/mol. The van der Waals surface area contributed by atoms with E-state index in [4.69, 9.17) is 0 Å². The van der Waals surface area contributed by atoms with Crippen LogP contribution in [0.4, 0.5) is 10.6 Å². The Balaban J connectivity index is 1.42. The van der Waals surface area contributed by atoms with Crippen molar-refractivity contribution >= 4 is 17.8 Å². The fourth-order valence-electron chi connectivity index (χ4n) is 2.86. The smallest absolute Gasteiger partial charge is 0.318 e. The Morgan fingerprint density at radius 1 is 1.07 bits per heavy atom. The fraction of sp³-hybridized carbons (Fsp3) is 0.368. The van der Waals surface area contributed by atoms with Crippen molar-refractivity contribution in [3.05, 3.63) is 54.5 Å². The highest BCUT2D eigenvalue weighted by atomic mass is 16.2. The topological polar surface area (TPSA) is 90.5 Å². The SMILES string of the molecule is CC(NC(=O)N1CCN(c2ccccn2)CC1)C(=O)NCc1ccncc1. The number of aromatic nitrogens is 2. The van der Waals surface area contributed by atoms with Crippen LogP contribution in [0.1, 0.15) is 12.5 Å². The molecule has 0 aromatic carbocycles. The van der Waals surface area contributed by atoms with Gasteiger partial charge in [0.15, 0.2) is 0 Å². The molecule has 2 N–H and O–H groups in total. The highest BCUT2D eigenvalue weighted by Gasteiger charge is 2.24. The summed E-state index contributed by atoms with van der Waals surface area (Å²) in [5.74, 6) is 0.702. The Labute approximate surface area is 158 Å². The van der Waals surface area contributed by atoms with Gasteiger partial charge in [-0.25, -0.2) is 9.78 Å². The van der Waals surface area contributed by atoms with Crippen molar-refractivity contribution in [3.63, 3.8) is 0 Å². The molecule has 8 heteroatoms. The van der Waals surface area contributed by atoms with Gasteiger partial charge in [-0.2, -0.15) is 0 Å². The van der Waals surface area contributed by atoms with Gasteiger partial charge < -0.3 is 20.4 Å². The van der Waals surface area contributed by atoms with Gasteiger partial charge in [0.05, 0.1) is 0 Å². The molecule has 27 heavy (non-hydrogen) atoms. The van der Waals surface area contributed by atoms with Crippen LogP contribution in [0.25, 0.3) is 0 Å². The summed E-state index contributed by atoms with van der Waals surface area (Å²) in [6, 6.07) is 8.65. The van der Waals surface area contributed by atoms with E-state index in [1.807, 2.05) is 30.3 Å². The van der Waals surface area contributed by atoms with E-state index in [9.17, 15) is 9.59 Å². The molecule has 3 heterocycles. The minimum absolute atomic E-state index is 0.215. The van der Waals surface area contributed by atoms with Gasteiger partial charge in [0.2, 0.25) is 5.91 Å². The van der Waals surface area contributed by atoms with Crippen molar-refractivity contribution in [1.29, 1.82) is 0 Å². The van der Waals surface area contributed by atoms with Gasteiger partial charge in [-0.05, 0) is 36.8 Å². The van der Waals surface area contributed by atoms with Crippen molar-refractivity contribution in [2.75, 3.05) is 31.1 Å². The zero-order valence-electron chi connectivity index (χ0n) is 15.3. The minimum Gasteiger partial charge on any atom is -0.353 e. The second-order valence-corrected chi connectivity index (χ2v) is 6.41. The molecule has 1 aliphatic rings. The molecule has 1 saturated heterocycles. The third-order valence-electron chi connectivity index (χ3n) is 4.49. The highest BCUT2D eigenvalue weighted by molar-refractivity contribution is 5.86. The number of nitrogens with zero attached hydrogens (tertiary/aromatic N) is 4. The Hall–Kier alpha value is -3.16. The number of rotatable bonds is 5. The predicted molar refractivity (Wildman–Crippen MR) is 102 cm³/mol. The Morgan fingerprint density at radius 3 is 2.48 bits per heavy atom. The minimum atomic E-state index is -0.604. The molecular formula is C19H24N6O2. The Kier molecular flexibility index (Phi) is 6.19. The summed E-state index contributed by atoms with van der Waals surface area (Å²) in [5.41, 5.74) is 0.961. The van der Waals surface area contributed by atoms with Crippen molar-refractivity contribution in [2.24, 2.45) is 0 Å². The number of hydrogen-bond donors (Lipinski definition) is 2. The molecule has 1 fully saturated rings. The number of urea groups is 1. The van der Waals surface area contributed by atoms with Gasteiger partial charge in [0.25, 0.3) is 0 Å². The summed E-state index contributed by atoms with van der Waals surface area (Å²) in [4.78, 5) is 36.8. The number of carbonyl (C=O) groups is 2. The van der Waals surface area contributed by atoms with Crippen LogP contribution in [0.15, 0.2) is 48.9 Å². The van der Waals surface area contributed by atoms with Gasteiger partial charge in [0, 0.05) is 51.3 Å². The van der Waals surface area contributed by atoms with E-state index in [0.29, 0.717) is 32.7 Å². The number of nitrogens with one attached hydrogen (secondary N) is 2. The van der Waals surface area contributed by atoms with Crippen LogP contribution in [-0.4, -0.2) is 59.0 Å². The molecule has 0 aliphatic carbocycles. The Morgan fingerprint density at radius 2 is 1.81 bits per heavy atom. The number of amides is 3. The van der Waals surface area contributed by atoms with E-state index >= 15 is 0 Å². The van der Waals surface area contributed by atoms with Crippen LogP contribution in [-0.2, 0) is 11.3 Å². The summed E-state index contributed by atoms with van der Waals surface area (Å²) in [6.45, 7) is 4.70. The molecule has 142 valence electrons. The predicted octanol–water partition coefficient (Wildman–Crippen LogP) is 1.01. The highest BCUT2D eigenvalue weighted by Crippen LogP contribution is 2.12. The van der Waals surface area contributed by atoms with Crippen molar-refractivity contribution in [2.45, 2.75) is 19.5 Å². The number of carbonyl (C=O) groups excluding carboxylic acids is 2. The van der Waals surface area contributed by atoms with E-state index in [0.717, 1.165) is 11.4 Å². The van der Waals surface area contributed by atoms with E-state index in [-0.39, 0.29) is 11.9 Å². The van der Waals surface area contributed by atoms with E-state index in [1.54, 1.807) is 30.4 Å². The molecule has 2 aromatic heterocycles. The average molecular weight is 368 g/mol. The average Bonchev–Trinajstić information content (AvgIpc) is 2.73. The van der Waals surface area contributed by atoms with Crippen LogP contribution >= 0.6 is 0 Å². The van der Waals surface area contributed by atoms with Crippen molar-refractivity contribution in [3.8, 4) is 0 Å². The first-order chi connectivity index (χ1) is 13.1. The maximum atomic E-state index is 12.4. The second kappa shape index (κ2) is 8.98. The zero-order chi connectivity index (χ0) is 19.1. The van der Waals surface area contributed by atoms with Gasteiger partial charge in [-0.15, -0.1) is 0 Å². The normalized spacial score (nSPS) is 15.1. The van der Waals surface area contributed by atoms with Crippen LogP contribution in [0.3, 0.4) is 0 Å². The van der Waals surface area contributed by atoms with Crippen molar-refractivity contribution < 1.29 is 9.59 Å². The Bertz CT molecular complexity index is 747. The summed E-state index contributed by atoms with van der Waals surface area (Å²) in [7, 11) is 0. The summed E-state index contributed by atoms with van der Waals surface area (Å²) >= 11 is 0. The van der Waals surface area contributed by atoms with Gasteiger partial charge >= 0.3 is 6.03 Å². The largest absolute Gasteiger partial charge is 0.353 e. The van der Waals surface area contributed by atoms with Gasteiger partial charge in [-0.1, -0.05) is 6.07 Å². The first kappa shape index (κ1) is 18.6. The fourth-order valence-corrected chi connectivity index (χ4v) is 2.86. The number of pyridine rings is 2. The van der Waals surface area contributed by atoms with Gasteiger partial charge in [-0.3, -0.25) is 9.78 Å². The number of hydrogen-bond acceptors (Lipinski definition) is 5. The molecule has 1 atom stereocenters. The molecule has 3 rings (SSSR count).